The average molecular weight is 393 g/mol. The van der Waals surface area contributed by atoms with E-state index in [1.165, 1.54) is 15.6 Å². The number of piperidine rings is 1. The second-order valence-corrected chi connectivity index (χ2v) is 9.60. The zero-order chi connectivity index (χ0) is 18.6. The molecule has 1 atom stereocenters. The largest absolute Gasteiger partial charge is 0.349 e. The summed E-state index contributed by atoms with van der Waals surface area (Å²) in [7, 11) is -3.42. The predicted octanol–water partition coefficient (Wildman–Crippen LogP) is 3.42. The Morgan fingerprint density at radius 1 is 1.19 bits per heavy atom. The number of benzene rings is 1. The highest BCUT2D eigenvalue weighted by Crippen LogP contribution is 2.27. The molecule has 1 aliphatic heterocycles. The molecule has 26 heavy (non-hydrogen) atoms. The van der Waals surface area contributed by atoms with Crippen LogP contribution in [0.3, 0.4) is 0 Å². The Morgan fingerprint density at radius 2 is 1.88 bits per heavy atom. The van der Waals surface area contributed by atoms with Crippen molar-refractivity contribution in [2.75, 3.05) is 13.1 Å². The molecule has 1 aromatic carbocycles. The number of amides is 1. The van der Waals surface area contributed by atoms with Crippen molar-refractivity contribution in [3.8, 4) is 0 Å². The maximum Gasteiger partial charge on any atom is 0.252 e. The standard InChI is InChI=1S/C19H24N2O3S2/c1-2-17(15-7-4-3-5-8-15)20-19(22)16-10-12-21(13-11-16)26(23,24)18-9-6-14-25-18/h3-9,14,16-17H,2,10-13H2,1H3,(H,20,22)/t17-/m1/s1. The molecule has 0 spiro atoms. The van der Waals surface area contributed by atoms with Crippen molar-refractivity contribution in [1.82, 2.24) is 9.62 Å². The lowest BCUT2D eigenvalue weighted by Crippen LogP contribution is -2.43. The van der Waals surface area contributed by atoms with Gasteiger partial charge in [0.15, 0.2) is 0 Å². The van der Waals surface area contributed by atoms with Gasteiger partial charge in [-0.3, -0.25) is 4.79 Å². The van der Waals surface area contributed by atoms with E-state index in [4.69, 9.17) is 0 Å². The third kappa shape index (κ3) is 4.16. The van der Waals surface area contributed by atoms with Gasteiger partial charge in [-0.2, -0.15) is 4.31 Å². The van der Waals surface area contributed by atoms with Gasteiger partial charge < -0.3 is 5.32 Å². The van der Waals surface area contributed by atoms with Crippen molar-refractivity contribution in [1.29, 1.82) is 0 Å². The first-order valence-electron chi connectivity index (χ1n) is 8.91. The lowest BCUT2D eigenvalue weighted by Gasteiger charge is -2.31. The first-order chi connectivity index (χ1) is 12.5. The first kappa shape index (κ1) is 19.1. The van der Waals surface area contributed by atoms with E-state index < -0.39 is 10.0 Å². The van der Waals surface area contributed by atoms with Gasteiger partial charge in [-0.25, -0.2) is 8.42 Å². The molecular formula is C19H24N2O3S2. The molecule has 0 saturated carbocycles. The Labute approximate surface area is 159 Å². The molecule has 0 unspecified atom stereocenters. The van der Waals surface area contributed by atoms with Crippen LogP contribution in [0, 0.1) is 5.92 Å². The van der Waals surface area contributed by atoms with Crippen LogP contribution in [0.5, 0.6) is 0 Å². The summed E-state index contributed by atoms with van der Waals surface area (Å²) in [6, 6.07) is 13.3. The van der Waals surface area contributed by atoms with Crippen molar-refractivity contribution < 1.29 is 13.2 Å². The second kappa shape index (κ2) is 8.33. The Morgan fingerprint density at radius 3 is 2.46 bits per heavy atom. The molecule has 140 valence electrons. The summed E-state index contributed by atoms with van der Waals surface area (Å²) in [5.41, 5.74) is 1.10. The number of sulfonamides is 1. The van der Waals surface area contributed by atoms with Crippen LogP contribution >= 0.6 is 11.3 Å². The van der Waals surface area contributed by atoms with Crippen LogP contribution in [-0.4, -0.2) is 31.7 Å². The number of carbonyl (C=O) groups excluding carboxylic acids is 1. The van der Waals surface area contributed by atoms with Gasteiger partial charge in [-0.05, 0) is 36.3 Å². The molecule has 1 N–H and O–H groups in total. The summed E-state index contributed by atoms with van der Waals surface area (Å²) >= 11 is 1.23. The van der Waals surface area contributed by atoms with Crippen LogP contribution in [0.4, 0.5) is 0 Å². The van der Waals surface area contributed by atoms with E-state index >= 15 is 0 Å². The predicted molar refractivity (Wildman–Crippen MR) is 103 cm³/mol. The Hall–Kier alpha value is -1.70. The van der Waals surface area contributed by atoms with Crippen molar-refractivity contribution in [3.05, 3.63) is 53.4 Å². The van der Waals surface area contributed by atoms with Crippen LogP contribution in [-0.2, 0) is 14.8 Å². The third-order valence-electron chi connectivity index (χ3n) is 4.84. The van der Waals surface area contributed by atoms with Gasteiger partial charge in [0, 0.05) is 19.0 Å². The summed E-state index contributed by atoms with van der Waals surface area (Å²) in [4.78, 5) is 12.6. The summed E-state index contributed by atoms with van der Waals surface area (Å²) in [5, 5.41) is 4.89. The Bertz CT molecular complexity index is 812. The quantitative estimate of drug-likeness (QED) is 0.819. The van der Waals surface area contributed by atoms with Crippen LogP contribution in [0.25, 0.3) is 0 Å². The summed E-state index contributed by atoms with van der Waals surface area (Å²) in [6.45, 7) is 2.83. The third-order valence-corrected chi connectivity index (χ3v) is 8.11. The Balaban J connectivity index is 1.58. The number of nitrogens with one attached hydrogen (secondary N) is 1. The molecular weight excluding hydrogens is 368 g/mol. The van der Waals surface area contributed by atoms with Gasteiger partial charge in [-0.1, -0.05) is 43.3 Å². The number of nitrogens with zero attached hydrogens (tertiary/aromatic N) is 1. The van der Waals surface area contributed by atoms with Gasteiger partial charge in [0.05, 0.1) is 6.04 Å². The molecule has 2 aromatic rings. The smallest absolute Gasteiger partial charge is 0.252 e. The molecule has 0 radical (unpaired) electrons. The van der Waals surface area contributed by atoms with E-state index in [0.29, 0.717) is 30.1 Å². The molecule has 1 aliphatic rings. The molecule has 1 saturated heterocycles. The zero-order valence-corrected chi connectivity index (χ0v) is 16.4. The van der Waals surface area contributed by atoms with Crippen LogP contribution < -0.4 is 5.32 Å². The Kier molecular flexibility index (Phi) is 6.11. The van der Waals surface area contributed by atoms with Crippen molar-refractivity contribution in [2.24, 2.45) is 5.92 Å². The van der Waals surface area contributed by atoms with Crippen LogP contribution in [0.1, 0.15) is 37.8 Å². The molecule has 7 heteroatoms. The van der Waals surface area contributed by atoms with Gasteiger partial charge in [0.1, 0.15) is 4.21 Å². The molecule has 0 bridgehead atoms. The van der Waals surface area contributed by atoms with E-state index in [-0.39, 0.29) is 17.9 Å². The topological polar surface area (TPSA) is 66.5 Å². The molecule has 5 nitrogen and oxygen atoms in total. The van der Waals surface area contributed by atoms with Gasteiger partial charge in [0.25, 0.3) is 10.0 Å². The van der Waals surface area contributed by atoms with E-state index in [2.05, 4.69) is 5.32 Å². The molecule has 0 aliphatic carbocycles. The van der Waals surface area contributed by atoms with E-state index in [1.54, 1.807) is 17.5 Å². The maximum absolute atomic E-state index is 12.6. The molecule has 1 amide bonds. The monoisotopic (exact) mass is 392 g/mol. The van der Waals surface area contributed by atoms with E-state index in [9.17, 15) is 13.2 Å². The minimum atomic E-state index is -3.42. The van der Waals surface area contributed by atoms with Crippen molar-refractivity contribution >= 4 is 27.3 Å². The average Bonchev–Trinajstić information content (AvgIpc) is 3.22. The number of hydrogen-bond donors (Lipinski definition) is 1. The fourth-order valence-electron chi connectivity index (χ4n) is 3.29. The van der Waals surface area contributed by atoms with Crippen LogP contribution in [0.2, 0.25) is 0 Å². The molecule has 1 aromatic heterocycles. The highest BCUT2D eigenvalue weighted by Gasteiger charge is 2.33. The van der Waals surface area contributed by atoms with E-state index in [1.807, 2.05) is 37.3 Å². The lowest BCUT2D eigenvalue weighted by molar-refractivity contribution is -0.126. The normalized spacial score (nSPS) is 17.7. The number of thiophene rings is 1. The first-order valence-corrected chi connectivity index (χ1v) is 11.2. The molecule has 2 heterocycles. The van der Waals surface area contributed by atoms with E-state index in [0.717, 1.165) is 12.0 Å². The maximum atomic E-state index is 12.6. The van der Waals surface area contributed by atoms with Gasteiger partial charge >= 0.3 is 0 Å². The SMILES string of the molecule is CC[C@@H](NC(=O)C1CCN(S(=O)(=O)c2cccs2)CC1)c1ccccc1. The van der Waals surface area contributed by atoms with Crippen LogP contribution in [0.15, 0.2) is 52.1 Å². The highest BCUT2D eigenvalue weighted by atomic mass is 32.2. The molecule has 1 fully saturated rings. The number of carbonyl (C=O) groups is 1. The lowest BCUT2D eigenvalue weighted by atomic mass is 9.96. The summed E-state index contributed by atoms with van der Waals surface area (Å²) < 4.78 is 27.0. The minimum absolute atomic E-state index is 0.00317. The fraction of sp³-hybridized carbons (Fsp3) is 0.421. The summed E-state index contributed by atoms with van der Waals surface area (Å²) in [6.07, 6.45) is 1.94. The van der Waals surface area contributed by atoms with Gasteiger partial charge in [-0.15, -0.1) is 11.3 Å². The number of rotatable bonds is 6. The second-order valence-electron chi connectivity index (χ2n) is 6.49. The van der Waals surface area contributed by atoms with Crippen molar-refractivity contribution in [2.45, 2.75) is 36.4 Å². The fourth-order valence-corrected chi connectivity index (χ4v) is 5.91. The zero-order valence-electron chi connectivity index (χ0n) is 14.8. The molecule has 3 rings (SSSR count). The number of hydrogen-bond acceptors (Lipinski definition) is 4. The van der Waals surface area contributed by atoms with Crippen molar-refractivity contribution in [3.63, 3.8) is 0 Å². The highest BCUT2D eigenvalue weighted by molar-refractivity contribution is 7.91. The summed E-state index contributed by atoms with van der Waals surface area (Å²) in [5.74, 6) is -0.114. The minimum Gasteiger partial charge on any atom is -0.349 e. The van der Waals surface area contributed by atoms with Gasteiger partial charge in [0.2, 0.25) is 5.91 Å².